The molecule has 1 unspecified atom stereocenters. The van der Waals surface area contributed by atoms with Crippen molar-refractivity contribution >= 4 is 12.1 Å². The maximum Gasteiger partial charge on any atom is 0.410 e. The second-order valence-electron chi connectivity index (χ2n) is 7.46. The summed E-state index contributed by atoms with van der Waals surface area (Å²) in [6, 6.07) is 17.4. The number of rotatable bonds is 6. The van der Waals surface area contributed by atoms with Gasteiger partial charge in [-0.25, -0.2) is 14.6 Å². The fourth-order valence-corrected chi connectivity index (χ4v) is 3.96. The molecule has 0 radical (unpaired) electrons. The summed E-state index contributed by atoms with van der Waals surface area (Å²) in [5.74, 6) is -1.95. The van der Waals surface area contributed by atoms with E-state index in [0.29, 0.717) is 5.56 Å². The van der Waals surface area contributed by atoms with Crippen molar-refractivity contribution in [3.63, 3.8) is 0 Å². The smallest absolute Gasteiger partial charge is 0.410 e. The number of carbonyl (C=O) groups is 2. The molecular formula is C24H21FN2O4. The van der Waals surface area contributed by atoms with E-state index in [4.69, 9.17) is 4.74 Å². The molecule has 1 atom stereocenters. The largest absolute Gasteiger partial charge is 0.480 e. The number of benzene rings is 2. The lowest BCUT2D eigenvalue weighted by Crippen LogP contribution is -2.44. The minimum absolute atomic E-state index is 0.0106. The Hall–Kier alpha value is -3.74. The van der Waals surface area contributed by atoms with Gasteiger partial charge in [0.1, 0.15) is 12.6 Å². The number of halogens is 1. The van der Waals surface area contributed by atoms with Crippen LogP contribution < -0.4 is 0 Å². The number of ether oxygens (including phenoxy) is 1. The van der Waals surface area contributed by atoms with Gasteiger partial charge >= 0.3 is 12.1 Å². The average Bonchev–Trinajstić information content (AvgIpc) is 3.10. The van der Waals surface area contributed by atoms with E-state index in [0.717, 1.165) is 33.2 Å². The van der Waals surface area contributed by atoms with Gasteiger partial charge in [-0.3, -0.25) is 4.90 Å². The minimum Gasteiger partial charge on any atom is -0.480 e. The van der Waals surface area contributed by atoms with E-state index in [9.17, 15) is 19.1 Å². The maximum absolute atomic E-state index is 13.0. The van der Waals surface area contributed by atoms with E-state index in [1.54, 1.807) is 0 Å². The average molecular weight is 420 g/mol. The van der Waals surface area contributed by atoms with Crippen LogP contribution in [0.5, 0.6) is 0 Å². The Morgan fingerprint density at radius 2 is 1.68 bits per heavy atom. The summed E-state index contributed by atoms with van der Waals surface area (Å²) in [7, 11) is 1.38. The number of carbonyl (C=O) groups excluding carboxylic acids is 1. The van der Waals surface area contributed by atoms with Crippen LogP contribution in [0, 0.1) is 5.95 Å². The van der Waals surface area contributed by atoms with Gasteiger partial charge in [0.25, 0.3) is 0 Å². The molecular weight excluding hydrogens is 399 g/mol. The molecule has 4 rings (SSSR count). The molecule has 2 aromatic carbocycles. The molecule has 0 saturated carbocycles. The van der Waals surface area contributed by atoms with E-state index in [1.807, 2.05) is 48.5 Å². The van der Waals surface area contributed by atoms with Crippen LogP contribution in [0.1, 0.15) is 22.6 Å². The van der Waals surface area contributed by atoms with Crippen LogP contribution in [0.2, 0.25) is 0 Å². The Morgan fingerprint density at radius 3 is 2.23 bits per heavy atom. The molecule has 1 N–H and O–H groups in total. The summed E-state index contributed by atoms with van der Waals surface area (Å²) >= 11 is 0. The standard InChI is InChI=1S/C24H21FN2O4/c1-27(21(23(28)29)12-15-10-11-22(25)26-13-15)24(30)31-14-20-18-8-4-2-6-16(18)17-7-3-5-9-19(17)20/h2-11,13,20-21H,12,14H2,1H3,(H,28,29). The zero-order chi connectivity index (χ0) is 22.0. The van der Waals surface area contributed by atoms with Crippen molar-refractivity contribution in [2.24, 2.45) is 0 Å². The first-order valence-corrected chi connectivity index (χ1v) is 9.86. The Balaban J connectivity index is 1.47. The second-order valence-corrected chi connectivity index (χ2v) is 7.46. The van der Waals surface area contributed by atoms with Crippen LogP contribution in [-0.2, 0) is 16.0 Å². The van der Waals surface area contributed by atoms with Crippen LogP contribution in [-0.4, -0.2) is 46.7 Å². The SMILES string of the molecule is CN(C(=O)OCC1c2ccccc2-c2ccccc21)C(Cc1ccc(F)nc1)C(=O)O. The number of pyridine rings is 1. The second kappa shape index (κ2) is 8.55. The highest BCUT2D eigenvalue weighted by Gasteiger charge is 2.32. The number of amides is 1. The lowest BCUT2D eigenvalue weighted by atomic mass is 9.98. The fraction of sp³-hybridized carbons (Fsp3) is 0.208. The lowest BCUT2D eigenvalue weighted by Gasteiger charge is -2.25. The monoisotopic (exact) mass is 420 g/mol. The van der Waals surface area contributed by atoms with Gasteiger partial charge in [0, 0.05) is 25.6 Å². The third kappa shape index (κ3) is 4.12. The number of carboxylic acids is 1. The molecule has 1 aromatic heterocycles. The molecule has 31 heavy (non-hydrogen) atoms. The van der Waals surface area contributed by atoms with Gasteiger partial charge in [0.15, 0.2) is 0 Å². The summed E-state index contributed by atoms with van der Waals surface area (Å²) in [4.78, 5) is 29.0. The minimum atomic E-state index is -1.18. The van der Waals surface area contributed by atoms with Gasteiger partial charge in [-0.2, -0.15) is 4.39 Å². The molecule has 1 amide bonds. The number of likely N-dealkylation sites (N-methyl/N-ethyl adjacent to an activating group) is 1. The van der Waals surface area contributed by atoms with Gasteiger partial charge < -0.3 is 9.84 Å². The molecule has 0 fully saturated rings. The van der Waals surface area contributed by atoms with Crippen LogP contribution in [0.3, 0.4) is 0 Å². The highest BCUT2D eigenvalue weighted by Crippen LogP contribution is 2.44. The van der Waals surface area contributed by atoms with Crippen molar-refractivity contribution in [2.75, 3.05) is 13.7 Å². The molecule has 3 aromatic rings. The maximum atomic E-state index is 13.0. The molecule has 0 bridgehead atoms. The fourth-order valence-electron chi connectivity index (χ4n) is 3.96. The molecule has 1 heterocycles. The zero-order valence-electron chi connectivity index (χ0n) is 16.9. The predicted molar refractivity (Wildman–Crippen MR) is 112 cm³/mol. The van der Waals surface area contributed by atoms with E-state index < -0.39 is 24.1 Å². The Bertz CT molecular complexity index is 1070. The molecule has 6 nitrogen and oxygen atoms in total. The van der Waals surface area contributed by atoms with Crippen molar-refractivity contribution in [2.45, 2.75) is 18.4 Å². The first kappa shape index (κ1) is 20.5. The molecule has 158 valence electrons. The van der Waals surface area contributed by atoms with Gasteiger partial charge in [0.2, 0.25) is 5.95 Å². The van der Waals surface area contributed by atoms with E-state index in [-0.39, 0.29) is 18.9 Å². The number of hydrogen-bond acceptors (Lipinski definition) is 4. The Labute approximate surface area is 178 Å². The summed E-state index contributed by atoms with van der Waals surface area (Å²) in [5, 5.41) is 9.60. The number of fused-ring (bicyclic) bond motifs is 3. The van der Waals surface area contributed by atoms with Crippen LogP contribution >= 0.6 is 0 Å². The van der Waals surface area contributed by atoms with Crippen LogP contribution in [0.4, 0.5) is 9.18 Å². The molecule has 1 aliphatic carbocycles. The van der Waals surface area contributed by atoms with Crippen molar-refractivity contribution in [1.29, 1.82) is 0 Å². The highest BCUT2D eigenvalue weighted by atomic mass is 19.1. The van der Waals surface area contributed by atoms with Crippen LogP contribution in [0.15, 0.2) is 66.9 Å². The van der Waals surface area contributed by atoms with Gasteiger partial charge in [-0.1, -0.05) is 54.6 Å². The van der Waals surface area contributed by atoms with Gasteiger partial charge in [-0.05, 0) is 33.9 Å². The first-order chi connectivity index (χ1) is 15.0. The number of aliphatic carboxylic acids is 1. The number of carboxylic acid groups (broad SMARTS) is 1. The summed E-state index contributed by atoms with van der Waals surface area (Å²) in [6.07, 6.45) is 0.518. The highest BCUT2D eigenvalue weighted by molar-refractivity contribution is 5.81. The zero-order valence-corrected chi connectivity index (χ0v) is 16.9. The Morgan fingerprint density at radius 1 is 1.06 bits per heavy atom. The Kier molecular flexibility index (Phi) is 5.66. The van der Waals surface area contributed by atoms with E-state index in [1.165, 1.54) is 19.3 Å². The van der Waals surface area contributed by atoms with Crippen molar-refractivity contribution < 1.29 is 23.8 Å². The number of aromatic nitrogens is 1. The van der Waals surface area contributed by atoms with E-state index in [2.05, 4.69) is 4.98 Å². The predicted octanol–water partition coefficient (Wildman–Crippen LogP) is 4.10. The van der Waals surface area contributed by atoms with Gasteiger partial charge in [0.05, 0.1) is 0 Å². The third-order valence-corrected chi connectivity index (χ3v) is 5.59. The third-order valence-electron chi connectivity index (χ3n) is 5.59. The van der Waals surface area contributed by atoms with E-state index >= 15 is 0 Å². The summed E-state index contributed by atoms with van der Waals surface area (Å²) < 4.78 is 18.6. The number of nitrogens with zero attached hydrogens (tertiary/aromatic N) is 2. The van der Waals surface area contributed by atoms with Crippen LogP contribution in [0.25, 0.3) is 11.1 Å². The first-order valence-electron chi connectivity index (χ1n) is 9.86. The molecule has 7 heteroatoms. The van der Waals surface area contributed by atoms with Crippen molar-refractivity contribution in [3.05, 3.63) is 89.5 Å². The quantitative estimate of drug-likeness (QED) is 0.608. The molecule has 1 aliphatic rings. The molecule has 0 aliphatic heterocycles. The normalized spacial score (nSPS) is 13.2. The topological polar surface area (TPSA) is 79.7 Å². The molecule has 0 saturated heterocycles. The molecule has 0 spiro atoms. The van der Waals surface area contributed by atoms with Crippen molar-refractivity contribution in [3.8, 4) is 11.1 Å². The van der Waals surface area contributed by atoms with Crippen molar-refractivity contribution in [1.82, 2.24) is 9.88 Å². The van der Waals surface area contributed by atoms with Gasteiger partial charge in [-0.15, -0.1) is 0 Å². The summed E-state index contributed by atoms with van der Waals surface area (Å²) in [5.41, 5.74) is 4.88. The number of hydrogen-bond donors (Lipinski definition) is 1. The lowest BCUT2D eigenvalue weighted by molar-refractivity contribution is -0.142. The summed E-state index contributed by atoms with van der Waals surface area (Å²) in [6.45, 7) is 0.0989.